The van der Waals surface area contributed by atoms with Crippen molar-refractivity contribution in [1.29, 1.82) is 0 Å². The van der Waals surface area contributed by atoms with Crippen molar-refractivity contribution in [2.45, 2.75) is 43.2 Å². The van der Waals surface area contributed by atoms with Crippen LogP contribution >= 0.6 is 11.6 Å². The van der Waals surface area contributed by atoms with E-state index in [1.165, 1.54) is 21.6 Å². The lowest BCUT2D eigenvalue weighted by atomic mass is 9.94. The molecule has 0 spiro atoms. The Kier molecular flexibility index (Phi) is 6.78. The van der Waals surface area contributed by atoms with Gasteiger partial charge in [0.05, 0.1) is 5.56 Å². The van der Waals surface area contributed by atoms with Crippen LogP contribution in [0.5, 0.6) is 0 Å². The number of aryl methyl sites for hydroxylation is 1. The molecule has 2 heterocycles. The summed E-state index contributed by atoms with van der Waals surface area (Å²) in [5.74, 6) is -0.277. The first-order valence-corrected chi connectivity index (χ1v) is 12.9. The van der Waals surface area contributed by atoms with Crippen LogP contribution in [-0.2, 0) is 17.1 Å². The molecule has 1 aromatic carbocycles. The zero-order valence-corrected chi connectivity index (χ0v) is 20.1. The fraction of sp³-hybridized carbons (Fsp3) is 0.545. The molecule has 174 valence electrons. The molecule has 2 aliphatic rings. The van der Waals surface area contributed by atoms with Crippen molar-refractivity contribution in [3.8, 4) is 0 Å². The lowest BCUT2D eigenvalue weighted by Crippen LogP contribution is -2.49. The summed E-state index contributed by atoms with van der Waals surface area (Å²) in [5, 5.41) is 4.70. The number of nitrogens with zero attached hydrogens (tertiary/aromatic N) is 5. The van der Waals surface area contributed by atoms with Crippen molar-refractivity contribution in [1.82, 2.24) is 19.0 Å². The van der Waals surface area contributed by atoms with Crippen molar-refractivity contribution in [3.05, 3.63) is 41.0 Å². The predicted molar refractivity (Wildman–Crippen MR) is 125 cm³/mol. The molecule has 1 saturated heterocycles. The van der Waals surface area contributed by atoms with Crippen molar-refractivity contribution < 1.29 is 13.2 Å². The summed E-state index contributed by atoms with van der Waals surface area (Å²) in [6.07, 6.45) is 6.81. The van der Waals surface area contributed by atoms with Gasteiger partial charge >= 0.3 is 0 Å². The first-order valence-electron chi connectivity index (χ1n) is 11.1. The molecule has 4 rings (SSSR count). The first-order chi connectivity index (χ1) is 15.3. The van der Waals surface area contributed by atoms with E-state index in [-0.39, 0.29) is 22.5 Å². The van der Waals surface area contributed by atoms with Crippen LogP contribution in [0.1, 0.15) is 42.5 Å². The Morgan fingerprint density at radius 1 is 1.12 bits per heavy atom. The number of aromatic nitrogens is 2. The molecule has 10 heteroatoms. The number of anilines is 1. The van der Waals surface area contributed by atoms with Crippen LogP contribution in [0.4, 0.5) is 5.69 Å². The molecule has 2 aromatic rings. The van der Waals surface area contributed by atoms with Crippen molar-refractivity contribution >= 4 is 33.2 Å². The van der Waals surface area contributed by atoms with Crippen LogP contribution in [0.15, 0.2) is 35.5 Å². The van der Waals surface area contributed by atoms with Gasteiger partial charge in [-0.05, 0) is 31.0 Å². The van der Waals surface area contributed by atoms with Gasteiger partial charge in [0.2, 0.25) is 5.03 Å². The number of hydrogen-bond donors (Lipinski definition) is 0. The fourth-order valence-electron chi connectivity index (χ4n) is 4.61. The average Bonchev–Trinajstić information content (AvgIpc) is 3.21. The third kappa shape index (κ3) is 4.65. The van der Waals surface area contributed by atoms with Gasteiger partial charge in [-0.2, -0.15) is 9.40 Å². The molecular formula is C22H30ClN5O3S. The minimum absolute atomic E-state index is 0.147. The number of amides is 1. The van der Waals surface area contributed by atoms with Gasteiger partial charge in [0.15, 0.2) is 0 Å². The number of carbonyl (C=O) groups is 1. The molecule has 1 aliphatic carbocycles. The molecule has 2 fully saturated rings. The number of piperazine rings is 1. The summed E-state index contributed by atoms with van der Waals surface area (Å²) in [7, 11) is -0.478. The average molecular weight is 480 g/mol. The van der Waals surface area contributed by atoms with Gasteiger partial charge in [0, 0.05) is 63.2 Å². The van der Waals surface area contributed by atoms with Gasteiger partial charge in [-0.1, -0.05) is 36.9 Å². The topological polar surface area (TPSA) is 78.8 Å². The van der Waals surface area contributed by atoms with Crippen molar-refractivity contribution in [2.75, 3.05) is 38.1 Å². The van der Waals surface area contributed by atoms with Crippen LogP contribution in [-0.4, -0.2) is 72.6 Å². The van der Waals surface area contributed by atoms with Gasteiger partial charge in [-0.25, -0.2) is 8.42 Å². The molecule has 0 unspecified atom stereocenters. The van der Waals surface area contributed by atoms with E-state index in [9.17, 15) is 13.2 Å². The van der Waals surface area contributed by atoms with E-state index in [1.54, 1.807) is 19.0 Å². The molecule has 32 heavy (non-hydrogen) atoms. The van der Waals surface area contributed by atoms with E-state index in [2.05, 4.69) is 10.00 Å². The summed E-state index contributed by atoms with van der Waals surface area (Å²) >= 11 is 6.10. The third-order valence-corrected chi connectivity index (χ3v) is 8.53. The van der Waals surface area contributed by atoms with E-state index in [0.717, 1.165) is 31.4 Å². The van der Waals surface area contributed by atoms with Gasteiger partial charge in [-0.3, -0.25) is 9.48 Å². The summed E-state index contributed by atoms with van der Waals surface area (Å²) in [6, 6.07) is 7.69. The Labute approximate surface area is 194 Å². The van der Waals surface area contributed by atoms with Crippen molar-refractivity contribution in [3.63, 3.8) is 0 Å². The van der Waals surface area contributed by atoms with E-state index < -0.39 is 10.0 Å². The number of sulfonamides is 1. The number of rotatable bonds is 5. The van der Waals surface area contributed by atoms with Crippen LogP contribution in [0, 0.1) is 0 Å². The first kappa shape index (κ1) is 23.1. The number of hydrogen-bond acceptors (Lipinski definition) is 5. The highest BCUT2D eigenvalue weighted by atomic mass is 35.5. The van der Waals surface area contributed by atoms with E-state index >= 15 is 0 Å². The second-order valence-electron chi connectivity index (χ2n) is 8.60. The largest absolute Gasteiger partial charge is 0.369 e. The van der Waals surface area contributed by atoms with Crippen molar-refractivity contribution in [2.24, 2.45) is 7.05 Å². The molecule has 0 atom stereocenters. The Hall–Kier alpha value is -2.10. The zero-order valence-electron chi connectivity index (χ0n) is 18.6. The molecule has 0 bridgehead atoms. The normalized spacial score (nSPS) is 18.7. The minimum Gasteiger partial charge on any atom is -0.369 e. The Morgan fingerprint density at radius 2 is 1.81 bits per heavy atom. The summed E-state index contributed by atoms with van der Waals surface area (Å²) < 4.78 is 29.8. The molecule has 1 aromatic heterocycles. The molecule has 8 nitrogen and oxygen atoms in total. The summed E-state index contributed by atoms with van der Waals surface area (Å²) in [6.45, 7) is 1.71. The summed E-state index contributed by atoms with van der Waals surface area (Å²) in [4.78, 5) is 17.1. The van der Waals surface area contributed by atoms with Crippen LogP contribution in [0.3, 0.4) is 0 Å². The van der Waals surface area contributed by atoms with Gasteiger partial charge < -0.3 is 9.80 Å². The number of halogens is 1. The standard InChI is InChI=1S/C22H30ClN5O3S/c1-25-16-20(22(29)26(2)18-8-4-3-5-9-18)21(24-25)32(30,31)28-13-11-27(12-14-28)19-10-6-7-17(23)15-19/h6-7,10,15-16,18H,3-5,8-9,11-14H2,1-2H3. The molecule has 0 radical (unpaired) electrons. The Morgan fingerprint density at radius 3 is 2.47 bits per heavy atom. The molecule has 1 amide bonds. The summed E-state index contributed by atoms with van der Waals surface area (Å²) in [5.41, 5.74) is 1.12. The number of carbonyl (C=O) groups excluding carboxylic acids is 1. The molecule has 0 N–H and O–H groups in total. The highest BCUT2D eigenvalue weighted by Gasteiger charge is 2.36. The minimum atomic E-state index is -3.89. The van der Waals surface area contributed by atoms with Crippen LogP contribution in [0.25, 0.3) is 0 Å². The highest BCUT2D eigenvalue weighted by Crippen LogP contribution is 2.27. The zero-order chi connectivity index (χ0) is 22.9. The monoisotopic (exact) mass is 479 g/mol. The highest BCUT2D eigenvalue weighted by molar-refractivity contribution is 7.89. The second kappa shape index (κ2) is 9.41. The Bertz CT molecular complexity index is 1070. The smallest absolute Gasteiger partial charge is 0.263 e. The lowest BCUT2D eigenvalue weighted by Gasteiger charge is -2.35. The van der Waals surface area contributed by atoms with Crippen LogP contribution in [0.2, 0.25) is 5.02 Å². The molecular weight excluding hydrogens is 450 g/mol. The van der Waals surface area contributed by atoms with Gasteiger partial charge in [0.25, 0.3) is 15.9 Å². The van der Waals surface area contributed by atoms with E-state index in [0.29, 0.717) is 31.2 Å². The molecule has 1 saturated carbocycles. The van der Waals surface area contributed by atoms with E-state index in [4.69, 9.17) is 11.6 Å². The fourth-order valence-corrected chi connectivity index (χ4v) is 6.33. The maximum absolute atomic E-state index is 13.5. The van der Waals surface area contributed by atoms with Crippen LogP contribution < -0.4 is 4.90 Å². The SMILES string of the molecule is CN(C(=O)c1cn(C)nc1S(=O)(=O)N1CCN(c2cccc(Cl)c2)CC1)C1CCCCC1. The van der Waals surface area contributed by atoms with E-state index in [1.807, 2.05) is 24.3 Å². The second-order valence-corrected chi connectivity index (χ2v) is 10.9. The quantitative estimate of drug-likeness (QED) is 0.658. The molecule has 1 aliphatic heterocycles. The lowest BCUT2D eigenvalue weighted by molar-refractivity contribution is 0.0692. The third-order valence-electron chi connectivity index (χ3n) is 6.46. The predicted octanol–water partition coefficient (Wildman–Crippen LogP) is 2.99. The van der Waals surface area contributed by atoms with Gasteiger partial charge in [0.1, 0.15) is 0 Å². The maximum atomic E-state index is 13.5. The number of benzene rings is 1. The van der Waals surface area contributed by atoms with Gasteiger partial charge in [-0.15, -0.1) is 0 Å². The maximum Gasteiger partial charge on any atom is 0.263 e. The Balaban J connectivity index is 1.51.